The van der Waals surface area contributed by atoms with Crippen LogP contribution in [0.25, 0.3) is 0 Å². The molecule has 3 atom stereocenters. The van der Waals surface area contributed by atoms with Crippen molar-refractivity contribution < 1.29 is 9.22 Å². The molecule has 143 valence electrons. The molecular weight excluding hydrogens is 342 g/mol. The van der Waals surface area contributed by atoms with Crippen LogP contribution in [0.3, 0.4) is 0 Å². The van der Waals surface area contributed by atoms with Crippen molar-refractivity contribution in [3.63, 3.8) is 0 Å². The van der Waals surface area contributed by atoms with Crippen molar-refractivity contribution in [2.24, 2.45) is 5.41 Å². The fourth-order valence-corrected chi connectivity index (χ4v) is 5.31. The minimum atomic E-state index is -0.813. The Morgan fingerprint density at radius 1 is 1.35 bits per heavy atom. The lowest BCUT2D eigenvalue weighted by Gasteiger charge is -2.43. The average molecular weight is 375 g/mol. The molecule has 2 aliphatic rings. The molecule has 2 heterocycles. The van der Waals surface area contributed by atoms with E-state index in [1.807, 2.05) is 18.2 Å². The minimum absolute atomic E-state index is 0.0483. The Bertz CT molecular complexity index is 672. The van der Waals surface area contributed by atoms with Crippen LogP contribution in [0.4, 0.5) is 11.4 Å². The molecule has 1 aromatic carbocycles. The van der Waals surface area contributed by atoms with Gasteiger partial charge in [-0.2, -0.15) is 0 Å². The second-order valence-electron chi connectivity index (χ2n) is 8.89. The number of hydrogen-bond donors (Lipinski definition) is 2. The molecule has 0 saturated carbocycles. The average Bonchev–Trinajstić information content (AvgIpc) is 2.99. The Morgan fingerprint density at radius 2 is 2.08 bits per heavy atom. The van der Waals surface area contributed by atoms with E-state index in [9.17, 15) is 4.79 Å². The second kappa shape index (κ2) is 7.33. The molecule has 1 fully saturated rings. The highest BCUT2D eigenvalue weighted by atomic mass is 28.3. The summed E-state index contributed by atoms with van der Waals surface area (Å²) in [4.78, 5) is 15.3. The number of nitrogens with one attached hydrogen (secondary N) is 1. The number of rotatable bonds is 4. The van der Waals surface area contributed by atoms with Gasteiger partial charge in [0.1, 0.15) is 0 Å². The molecule has 0 aliphatic carbocycles. The Morgan fingerprint density at radius 3 is 2.73 bits per heavy atom. The molecule has 1 amide bonds. The first-order chi connectivity index (χ1) is 12.2. The first kappa shape index (κ1) is 19.4. The Balaban J connectivity index is 1.85. The van der Waals surface area contributed by atoms with Crippen LogP contribution in [0, 0.1) is 5.41 Å². The summed E-state index contributed by atoms with van der Waals surface area (Å²) < 4.78 is 6.45. The van der Waals surface area contributed by atoms with E-state index in [0.29, 0.717) is 11.7 Å². The maximum atomic E-state index is 12.9. The van der Waals surface area contributed by atoms with Gasteiger partial charge in [0.15, 0.2) is 0 Å². The molecule has 6 heteroatoms. The Kier molecular flexibility index (Phi) is 5.47. The summed E-state index contributed by atoms with van der Waals surface area (Å²) in [5.74, 6) is 0.0844. The van der Waals surface area contributed by atoms with Crippen LogP contribution in [0.2, 0.25) is 13.1 Å². The van der Waals surface area contributed by atoms with Gasteiger partial charge >= 0.3 is 0 Å². The number of amides is 1. The lowest BCUT2D eigenvalue weighted by Crippen LogP contribution is -2.56. The maximum absolute atomic E-state index is 12.9. The zero-order valence-electron chi connectivity index (χ0n) is 16.6. The number of fused-ring (bicyclic) bond motifs is 1. The zero-order chi connectivity index (χ0) is 19.1. The van der Waals surface area contributed by atoms with Gasteiger partial charge in [-0.15, -0.1) is 0 Å². The van der Waals surface area contributed by atoms with E-state index in [4.69, 9.17) is 10.2 Å². The second-order valence-corrected chi connectivity index (χ2v) is 10.9. The van der Waals surface area contributed by atoms with Crippen LogP contribution < -0.4 is 11.1 Å². The van der Waals surface area contributed by atoms with E-state index in [2.05, 4.69) is 44.1 Å². The summed E-state index contributed by atoms with van der Waals surface area (Å²) in [7, 11) is -0.813. The molecule has 1 saturated heterocycles. The van der Waals surface area contributed by atoms with E-state index >= 15 is 0 Å². The van der Waals surface area contributed by atoms with Crippen molar-refractivity contribution in [2.45, 2.75) is 71.3 Å². The molecule has 1 aromatic rings. The fourth-order valence-electron chi connectivity index (χ4n) is 4.29. The fraction of sp³-hybridized carbons (Fsp3) is 0.650. The van der Waals surface area contributed by atoms with Gasteiger partial charge in [-0.1, -0.05) is 26.8 Å². The minimum Gasteiger partial charge on any atom is -0.412 e. The van der Waals surface area contributed by atoms with Gasteiger partial charge in [0.25, 0.3) is 0 Å². The molecule has 1 radical (unpaired) electrons. The number of anilines is 2. The smallest absolute Gasteiger partial charge is 0.242 e. The van der Waals surface area contributed by atoms with Crippen LogP contribution in [-0.2, 0) is 15.6 Å². The van der Waals surface area contributed by atoms with Gasteiger partial charge in [-0.3, -0.25) is 9.69 Å². The van der Waals surface area contributed by atoms with E-state index in [0.717, 1.165) is 31.5 Å². The summed E-state index contributed by atoms with van der Waals surface area (Å²) in [6.45, 7) is 12.1. The van der Waals surface area contributed by atoms with Gasteiger partial charge in [0.05, 0.1) is 12.1 Å². The number of nitrogens with two attached hydrogens (primary N) is 1. The van der Waals surface area contributed by atoms with Crippen molar-refractivity contribution in [1.82, 2.24) is 4.90 Å². The number of likely N-dealkylation sites (tertiary alicyclic amines) is 1. The van der Waals surface area contributed by atoms with Crippen molar-refractivity contribution in [1.29, 1.82) is 0 Å². The van der Waals surface area contributed by atoms with E-state index < -0.39 is 9.04 Å². The van der Waals surface area contributed by atoms with Crippen molar-refractivity contribution in [2.75, 3.05) is 17.6 Å². The third kappa shape index (κ3) is 3.97. The molecule has 5 nitrogen and oxygen atoms in total. The summed E-state index contributed by atoms with van der Waals surface area (Å²) in [6.07, 6.45) is 3.10. The van der Waals surface area contributed by atoms with Crippen LogP contribution in [-0.4, -0.2) is 44.6 Å². The van der Waals surface area contributed by atoms with Crippen LogP contribution >= 0.6 is 0 Å². The lowest BCUT2D eigenvalue weighted by atomic mass is 9.83. The van der Waals surface area contributed by atoms with Gasteiger partial charge in [-0.25, -0.2) is 0 Å². The highest BCUT2D eigenvalue weighted by Gasteiger charge is 2.44. The molecule has 26 heavy (non-hydrogen) atoms. The molecule has 0 aromatic heterocycles. The third-order valence-electron chi connectivity index (χ3n) is 5.42. The lowest BCUT2D eigenvalue weighted by molar-refractivity contribution is -0.123. The van der Waals surface area contributed by atoms with Gasteiger partial charge in [0.2, 0.25) is 14.9 Å². The largest absolute Gasteiger partial charge is 0.412 e. The van der Waals surface area contributed by atoms with Crippen molar-refractivity contribution >= 4 is 26.3 Å². The van der Waals surface area contributed by atoms with Gasteiger partial charge in [-0.05, 0) is 62.0 Å². The molecule has 2 unspecified atom stereocenters. The Labute approximate surface area is 159 Å². The molecule has 3 N–H and O–H groups in total. The molecule has 0 spiro atoms. The number of nitrogens with zero attached hydrogens (tertiary/aromatic N) is 1. The number of hydrogen-bond acceptors (Lipinski definition) is 4. The van der Waals surface area contributed by atoms with E-state index in [-0.39, 0.29) is 23.5 Å². The third-order valence-corrected chi connectivity index (χ3v) is 6.14. The van der Waals surface area contributed by atoms with E-state index in [1.54, 1.807) is 0 Å². The SMILES string of the molecule is C[Si](C)OC([C@@H]1CCCN1C1Cc2ccc(N)cc2NC1=O)C(C)(C)C. The first-order valence-electron chi connectivity index (χ1n) is 9.58. The number of nitrogen functional groups attached to an aromatic ring is 1. The van der Waals surface area contributed by atoms with Crippen molar-refractivity contribution in [3.05, 3.63) is 23.8 Å². The maximum Gasteiger partial charge on any atom is 0.242 e. The number of carbonyl (C=O) groups excluding carboxylic acids is 1. The van der Waals surface area contributed by atoms with Gasteiger partial charge in [0, 0.05) is 17.4 Å². The highest BCUT2D eigenvalue weighted by molar-refractivity contribution is 6.48. The summed E-state index contributed by atoms with van der Waals surface area (Å²) in [6, 6.07) is 5.98. The number of benzene rings is 1. The molecular formula is C20H32N3O2Si. The molecule has 3 rings (SSSR count). The summed E-state index contributed by atoms with van der Waals surface area (Å²) in [5.41, 5.74) is 8.62. The topological polar surface area (TPSA) is 67.6 Å². The molecule has 2 aliphatic heterocycles. The van der Waals surface area contributed by atoms with Crippen LogP contribution in [0.15, 0.2) is 18.2 Å². The summed E-state index contributed by atoms with van der Waals surface area (Å²) in [5, 5.41) is 3.07. The first-order valence-corrected chi connectivity index (χ1v) is 12.0. The Hall–Kier alpha value is -1.37. The number of carbonyl (C=O) groups is 1. The van der Waals surface area contributed by atoms with Gasteiger partial charge < -0.3 is 15.5 Å². The highest BCUT2D eigenvalue weighted by Crippen LogP contribution is 2.37. The van der Waals surface area contributed by atoms with Crippen LogP contribution in [0.5, 0.6) is 0 Å². The standard InChI is InChI=1S/C20H32N3O2Si/c1-20(2,3)18(25-26(4)5)16-7-6-10-23(16)17-11-13-8-9-14(21)12-15(13)22-19(17)24/h8-9,12,16-18H,6-7,10-11,21H2,1-5H3,(H,22,24)/t16-,17?,18?/m0/s1. The predicted octanol–water partition coefficient (Wildman–Crippen LogP) is 3.28. The monoisotopic (exact) mass is 374 g/mol. The van der Waals surface area contributed by atoms with E-state index in [1.165, 1.54) is 5.56 Å². The quantitative estimate of drug-likeness (QED) is 0.627. The normalized spacial score (nSPS) is 25.2. The zero-order valence-corrected chi connectivity index (χ0v) is 17.6. The predicted molar refractivity (Wildman–Crippen MR) is 109 cm³/mol. The molecule has 0 bridgehead atoms. The van der Waals surface area contributed by atoms with Crippen molar-refractivity contribution in [3.8, 4) is 0 Å². The van der Waals surface area contributed by atoms with Crippen LogP contribution in [0.1, 0.15) is 39.2 Å². The summed E-state index contributed by atoms with van der Waals surface area (Å²) >= 11 is 0.